The van der Waals surface area contributed by atoms with E-state index in [1.54, 1.807) is 12.3 Å². The van der Waals surface area contributed by atoms with Crippen LogP contribution in [0, 0.1) is 6.92 Å². The van der Waals surface area contributed by atoms with Crippen molar-refractivity contribution in [3.63, 3.8) is 0 Å². The molecule has 1 aromatic heterocycles. The van der Waals surface area contributed by atoms with Gasteiger partial charge in [-0.3, -0.25) is 0 Å². The predicted molar refractivity (Wildman–Crippen MR) is 99.8 cm³/mol. The van der Waals surface area contributed by atoms with E-state index in [1.807, 2.05) is 37.3 Å². The number of rotatable bonds is 4. The molecule has 0 aliphatic heterocycles. The van der Waals surface area contributed by atoms with Crippen LogP contribution < -0.4 is 11.1 Å². The van der Waals surface area contributed by atoms with Crippen LogP contribution in [0.25, 0.3) is 11.1 Å². The number of nitrogens with zero attached hydrogens (tertiary/aromatic N) is 2. The highest BCUT2D eigenvalue weighted by molar-refractivity contribution is 6.36. The largest absolute Gasteiger partial charge is 0.340 e. The summed E-state index contributed by atoms with van der Waals surface area (Å²) in [6.07, 6.45) is 3.19. The Morgan fingerprint density at radius 1 is 1.12 bits per heavy atom. The first-order valence-electron chi connectivity index (χ1n) is 7.41. The summed E-state index contributed by atoms with van der Waals surface area (Å²) in [5.74, 6) is 0.724. The van der Waals surface area contributed by atoms with E-state index in [-0.39, 0.29) is 0 Å². The fourth-order valence-corrected chi connectivity index (χ4v) is 3.15. The lowest BCUT2D eigenvalue weighted by Gasteiger charge is -2.18. The molecule has 3 N–H and O–H groups in total. The minimum absolute atomic E-state index is 0.420. The summed E-state index contributed by atoms with van der Waals surface area (Å²) >= 11 is 12.4. The third-order valence-electron chi connectivity index (χ3n) is 3.82. The van der Waals surface area contributed by atoms with Gasteiger partial charge in [-0.25, -0.2) is 9.97 Å². The quantitative estimate of drug-likeness (QED) is 0.691. The van der Waals surface area contributed by atoms with Gasteiger partial charge in [0.2, 0.25) is 0 Å². The van der Waals surface area contributed by atoms with Crippen LogP contribution in [-0.4, -0.2) is 9.97 Å². The van der Waals surface area contributed by atoms with E-state index in [9.17, 15) is 0 Å². The molecule has 6 heteroatoms. The van der Waals surface area contributed by atoms with Crippen molar-refractivity contribution in [1.29, 1.82) is 0 Å². The Labute approximate surface area is 150 Å². The predicted octanol–water partition coefficient (Wildman–Crippen LogP) is 4.96. The van der Waals surface area contributed by atoms with Gasteiger partial charge in [0.1, 0.15) is 12.1 Å². The van der Waals surface area contributed by atoms with Gasteiger partial charge in [-0.05, 0) is 47.9 Å². The first-order valence-corrected chi connectivity index (χ1v) is 8.16. The van der Waals surface area contributed by atoms with E-state index in [0.29, 0.717) is 16.6 Å². The average molecular weight is 359 g/mol. The van der Waals surface area contributed by atoms with Crippen molar-refractivity contribution in [2.45, 2.75) is 13.5 Å². The molecule has 2 aromatic carbocycles. The minimum atomic E-state index is 0.420. The zero-order valence-corrected chi connectivity index (χ0v) is 14.6. The van der Waals surface area contributed by atoms with Crippen molar-refractivity contribution in [2.75, 3.05) is 5.32 Å². The standard InChI is InChI=1S/C18H16Cl2N4/c1-11-16(24-17-6-7-22-10-23-17)5-2-12(9-21)18(11)14-4-3-13(19)8-15(14)20/h2-8,10H,9,21H2,1H3,(H,22,23,24). The number of nitrogens with two attached hydrogens (primary N) is 1. The van der Waals surface area contributed by atoms with E-state index >= 15 is 0 Å². The van der Waals surface area contributed by atoms with E-state index < -0.39 is 0 Å². The Kier molecular flexibility index (Phi) is 5.00. The second-order valence-corrected chi connectivity index (χ2v) is 6.16. The average Bonchev–Trinajstić information content (AvgIpc) is 2.58. The molecular weight excluding hydrogens is 343 g/mol. The molecule has 0 bridgehead atoms. The number of anilines is 2. The zero-order chi connectivity index (χ0) is 17.1. The zero-order valence-electron chi connectivity index (χ0n) is 13.1. The number of hydrogen-bond donors (Lipinski definition) is 2. The smallest absolute Gasteiger partial charge is 0.133 e. The van der Waals surface area contributed by atoms with Crippen molar-refractivity contribution >= 4 is 34.7 Å². The van der Waals surface area contributed by atoms with Gasteiger partial charge in [-0.2, -0.15) is 0 Å². The van der Waals surface area contributed by atoms with Crippen molar-refractivity contribution in [3.8, 4) is 11.1 Å². The molecule has 0 fully saturated rings. The first-order chi connectivity index (χ1) is 11.6. The summed E-state index contributed by atoms with van der Waals surface area (Å²) in [6, 6.07) is 11.3. The first kappa shape index (κ1) is 16.7. The summed E-state index contributed by atoms with van der Waals surface area (Å²) in [5, 5.41) is 4.50. The lowest BCUT2D eigenvalue weighted by Crippen LogP contribution is -2.04. The number of halogens is 2. The summed E-state index contributed by atoms with van der Waals surface area (Å²) in [6.45, 7) is 2.45. The monoisotopic (exact) mass is 358 g/mol. The molecule has 0 aliphatic carbocycles. The molecule has 0 radical (unpaired) electrons. The normalized spacial score (nSPS) is 10.7. The van der Waals surface area contributed by atoms with Crippen LogP contribution >= 0.6 is 23.2 Å². The topological polar surface area (TPSA) is 63.8 Å². The summed E-state index contributed by atoms with van der Waals surface area (Å²) in [7, 11) is 0. The number of benzene rings is 2. The van der Waals surface area contributed by atoms with Gasteiger partial charge in [0.25, 0.3) is 0 Å². The Hall–Kier alpha value is -2.14. The Morgan fingerprint density at radius 3 is 2.62 bits per heavy atom. The summed E-state index contributed by atoms with van der Waals surface area (Å²) < 4.78 is 0. The molecule has 0 atom stereocenters. The van der Waals surface area contributed by atoms with Crippen LogP contribution in [0.5, 0.6) is 0 Å². The molecule has 3 aromatic rings. The molecule has 0 amide bonds. The van der Waals surface area contributed by atoms with E-state index in [4.69, 9.17) is 28.9 Å². The molecule has 0 saturated carbocycles. The maximum absolute atomic E-state index is 6.41. The van der Waals surface area contributed by atoms with Crippen LogP contribution in [0.4, 0.5) is 11.5 Å². The van der Waals surface area contributed by atoms with Crippen LogP contribution in [0.2, 0.25) is 10.0 Å². The molecule has 1 heterocycles. The number of nitrogens with one attached hydrogen (secondary N) is 1. The van der Waals surface area contributed by atoms with Crippen LogP contribution in [0.15, 0.2) is 48.9 Å². The lowest BCUT2D eigenvalue weighted by molar-refractivity contribution is 1.07. The fourth-order valence-electron chi connectivity index (χ4n) is 2.64. The maximum atomic E-state index is 6.41. The highest BCUT2D eigenvalue weighted by Crippen LogP contribution is 2.38. The second kappa shape index (κ2) is 7.18. The van der Waals surface area contributed by atoms with Gasteiger partial charge in [0.05, 0.1) is 0 Å². The molecule has 0 unspecified atom stereocenters. The fraction of sp³-hybridized carbons (Fsp3) is 0.111. The maximum Gasteiger partial charge on any atom is 0.133 e. The van der Waals surface area contributed by atoms with Crippen LogP contribution in [0.1, 0.15) is 11.1 Å². The van der Waals surface area contributed by atoms with Gasteiger partial charge >= 0.3 is 0 Å². The van der Waals surface area contributed by atoms with Gasteiger partial charge in [0.15, 0.2) is 0 Å². The Balaban J connectivity index is 2.12. The number of aromatic nitrogens is 2. The van der Waals surface area contributed by atoms with Gasteiger partial charge in [-0.1, -0.05) is 35.3 Å². The van der Waals surface area contributed by atoms with Crippen LogP contribution in [0.3, 0.4) is 0 Å². The van der Waals surface area contributed by atoms with Gasteiger partial charge in [-0.15, -0.1) is 0 Å². The van der Waals surface area contributed by atoms with Crippen molar-refractivity contribution in [2.24, 2.45) is 5.73 Å². The molecule has 4 nitrogen and oxygen atoms in total. The third-order valence-corrected chi connectivity index (χ3v) is 4.36. The van der Waals surface area contributed by atoms with E-state index in [0.717, 1.165) is 33.8 Å². The SMILES string of the molecule is Cc1c(Nc2ccncn2)ccc(CN)c1-c1ccc(Cl)cc1Cl. The lowest BCUT2D eigenvalue weighted by atomic mass is 9.93. The Morgan fingerprint density at radius 2 is 1.96 bits per heavy atom. The van der Waals surface area contributed by atoms with Gasteiger partial charge < -0.3 is 11.1 Å². The molecule has 0 saturated heterocycles. The van der Waals surface area contributed by atoms with Crippen LogP contribution in [-0.2, 0) is 6.54 Å². The Bertz CT molecular complexity index is 866. The number of hydrogen-bond acceptors (Lipinski definition) is 4. The van der Waals surface area contributed by atoms with E-state index in [1.165, 1.54) is 6.33 Å². The molecule has 0 spiro atoms. The third kappa shape index (κ3) is 3.36. The van der Waals surface area contributed by atoms with Crippen molar-refractivity contribution < 1.29 is 0 Å². The second-order valence-electron chi connectivity index (χ2n) is 5.32. The molecule has 24 heavy (non-hydrogen) atoms. The van der Waals surface area contributed by atoms with Crippen molar-refractivity contribution in [3.05, 3.63) is 70.1 Å². The minimum Gasteiger partial charge on any atom is -0.340 e. The van der Waals surface area contributed by atoms with Gasteiger partial charge in [0, 0.05) is 34.0 Å². The molecule has 3 rings (SSSR count). The summed E-state index contributed by atoms with van der Waals surface area (Å²) in [4.78, 5) is 8.12. The highest BCUT2D eigenvalue weighted by atomic mass is 35.5. The van der Waals surface area contributed by atoms with Crippen molar-refractivity contribution in [1.82, 2.24) is 9.97 Å². The summed E-state index contributed by atoms with van der Waals surface area (Å²) in [5.41, 5.74) is 10.8. The van der Waals surface area contributed by atoms with E-state index in [2.05, 4.69) is 15.3 Å². The molecule has 122 valence electrons. The molecule has 0 aliphatic rings. The highest BCUT2D eigenvalue weighted by Gasteiger charge is 2.14. The molecular formula is C18H16Cl2N4.